The van der Waals surface area contributed by atoms with Crippen LogP contribution < -0.4 is 8.91 Å². The largest absolute Gasteiger partial charge is 0.359 e. The van der Waals surface area contributed by atoms with Gasteiger partial charge in [-0.1, -0.05) is 36.4 Å². The number of hydrogen-bond acceptors (Lipinski definition) is 6. The molecule has 1 N–H and O–H groups in total. The van der Waals surface area contributed by atoms with Crippen molar-refractivity contribution in [1.29, 1.82) is 0 Å². The van der Waals surface area contributed by atoms with E-state index in [0.29, 0.717) is 5.56 Å². The highest BCUT2D eigenvalue weighted by molar-refractivity contribution is 7.90. The summed E-state index contributed by atoms with van der Waals surface area (Å²) >= 11 is 0. The van der Waals surface area contributed by atoms with E-state index in [2.05, 4.69) is 9.71 Å². The van der Waals surface area contributed by atoms with Crippen LogP contribution in [0.4, 0.5) is 0 Å². The Balaban J connectivity index is 2.20. The topological polar surface area (TPSA) is 102 Å². The molecular formula is C16H18N2O5S2. The minimum Gasteiger partial charge on any atom is -0.359 e. The molecule has 0 fully saturated rings. The minimum atomic E-state index is -4.08. The number of nitrogens with one attached hydrogen (secondary N) is 1. The van der Waals surface area contributed by atoms with E-state index >= 15 is 0 Å². The number of nitrogens with zero attached hydrogens (tertiary/aromatic N) is 1. The molecule has 0 aliphatic heterocycles. The fourth-order valence-corrected chi connectivity index (χ4v) is 3.75. The van der Waals surface area contributed by atoms with Gasteiger partial charge in [0.25, 0.3) is 10.0 Å². The minimum absolute atomic E-state index is 0.319. The predicted molar refractivity (Wildman–Crippen MR) is 94.7 cm³/mol. The highest BCUT2D eigenvalue weighted by Crippen LogP contribution is 2.15. The highest BCUT2D eigenvalue weighted by Gasteiger charge is 2.19. The van der Waals surface area contributed by atoms with Gasteiger partial charge in [0.15, 0.2) is 5.03 Å². The van der Waals surface area contributed by atoms with Gasteiger partial charge in [0.1, 0.15) is 0 Å². The zero-order chi connectivity index (χ0) is 18.5. The van der Waals surface area contributed by atoms with E-state index in [4.69, 9.17) is 4.18 Å². The molecule has 0 radical (unpaired) electrons. The van der Waals surface area contributed by atoms with Gasteiger partial charge in [-0.15, -0.1) is 0 Å². The Labute approximate surface area is 147 Å². The lowest BCUT2D eigenvalue weighted by Gasteiger charge is -2.09. The average Bonchev–Trinajstić information content (AvgIpc) is 2.53. The first-order valence-corrected chi connectivity index (χ1v) is 10.3. The van der Waals surface area contributed by atoms with Crippen molar-refractivity contribution >= 4 is 26.2 Å². The number of benzene rings is 1. The molecule has 2 rings (SSSR count). The summed E-state index contributed by atoms with van der Waals surface area (Å²) in [5, 5.41) is 0.568. The normalized spacial score (nSPS) is 12.6. The second kappa shape index (κ2) is 7.77. The van der Waals surface area contributed by atoms with Gasteiger partial charge in [-0.3, -0.25) is 0 Å². The van der Waals surface area contributed by atoms with E-state index in [1.165, 1.54) is 24.3 Å². The van der Waals surface area contributed by atoms with Crippen LogP contribution in [0, 0.1) is 0 Å². The first-order valence-electron chi connectivity index (χ1n) is 7.35. The molecule has 0 saturated carbocycles. The Morgan fingerprint density at radius 2 is 1.68 bits per heavy atom. The molecular weight excluding hydrogens is 364 g/mol. The van der Waals surface area contributed by atoms with E-state index in [1.54, 1.807) is 38.1 Å². The van der Waals surface area contributed by atoms with E-state index < -0.39 is 20.1 Å². The van der Waals surface area contributed by atoms with Gasteiger partial charge >= 0.3 is 10.1 Å². The Morgan fingerprint density at radius 3 is 2.32 bits per heavy atom. The summed E-state index contributed by atoms with van der Waals surface area (Å²) < 4.78 is 55.4. The van der Waals surface area contributed by atoms with Crippen LogP contribution in [0.2, 0.25) is 0 Å². The molecule has 0 aliphatic rings. The number of aromatic nitrogens is 1. The maximum absolute atomic E-state index is 12.1. The molecule has 0 aliphatic carbocycles. The third kappa shape index (κ3) is 5.96. The van der Waals surface area contributed by atoms with Crippen molar-refractivity contribution in [3.63, 3.8) is 0 Å². The molecule has 0 atom stereocenters. The van der Waals surface area contributed by atoms with Crippen molar-refractivity contribution in [2.75, 3.05) is 0 Å². The molecule has 7 nitrogen and oxygen atoms in total. The maximum Gasteiger partial charge on any atom is 0.333 e. The Kier molecular flexibility index (Phi) is 5.93. The molecule has 0 bridgehead atoms. The van der Waals surface area contributed by atoms with Gasteiger partial charge in [0.05, 0.1) is 5.41 Å². The quantitative estimate of drug-likeness (QED) is 0.736. The van der Waals surface area contributed by atoms with Crippen molar-refractivity contribution in [3.8, 4) is 5.88 Å². The molecule has 1 heterocycles. The second-order valence-corrected chi connectivity index (χ2v) is 8.46. The summed E-state index contributed by atoms with van der Waals surface area (Å²) in [5.41, 5.74) is 0.681. The van der Waals surface area contributed by atoms with Crippen LogP contribution in [0.25, 0.3) is 6.08 Å². The summed E-state index contributed by atoms with van der Waals surface area (Å²) in [6.45, 7) is 3.33. The fraction of sp³-hybridized carbons (Fsp3) is 0.188. The lowest BCUT2D eigenvalue weighted by Crippen LogP contribution is -2.30. The molecule has 0 saturated heterocycles. The zero-order valence-corrected chi connectivity index (χ0v) is 15.3. The van der Waals surface area contributed by atoms with Gasteiger partial charge < -0.3 is 4.18 Å². The van der Waals surface area contributed by atoms with E-state index in [-0.39, 0.29) is 16.9 Å². The van der Waals surface area contributed by atoms with E-state index in [0.717, 1.165) is 5.41 Å². The van der Waals surface area contributed by atoms with Crippen LogP contribution in [0.5, 0.6) is 5.88 Å². The molecule has 0 spiro atoms. The third-order valence-corrected chi connectivity index (χ3v) is 5.22. The first-order chi connectivity index (χ1) is 11.7. The van der Waals surface area contributed by atoms with Crippen molar-refractivity contribution < 1.29 is 21.0 Å². The van der Waals surface area contributed by atoms with Crippen LogP contribution in [0.3, 0.4) is 0 Å². The fourth-order valence-electron chi connectivity index (χ4n) is 1.84. The Morgan fingerprint density at radius 1 is 1.00 bits per heavy atom. The van der Waals surface area contributed by atoms with Crippen LogP contribution in [-0.4, -0.2) is 27.9 Å². The summed E-state index contributed by atoms with van der Waals surface area (Å²) in [7, 11) is -7.92. The SMILES string of the molecule is CC(C)NS(=O)(=O)c1cccc(OS(=O)(=O)/C=C/c2ccccc2)n1. The van der Waals surface area contributed by atoms with Crippen LogP contribution in [0.15, 0.2) is 59.0 Å². The van der Waals surface area contributed by atoms with Gasteiger partial charge in [-0.25, -0.2) is 13.1 Å². The van der Waals surface area contributed by atoms with Crippen molar-refractivity contribution in [3.05, 3.63) is 59.5 Å². The standard InChI is InChI=1S/C16H18N2O5S2/c1-13(2)18-25(21,22)16-10-6-9-15(17-16)23-24(19,20)12-11-14-7-4-3-5-8-14/h3-13,18H,1-2H3/b12-11+. The number of sulfonamides is 1. The van der Waals surface area contributed by atoms with Gasteiger partial charge in [0, 0.05) is 12.1 Å². The van der Waals surface area contributed by atoms with Crippen molar-refractivity contribution in [2.24, 2.45) is 0 Å². The van der Waals surface area contributed by atoms with Gasteiger partial charge in [-0.2, -0.15) is 13.4 Å². The summed E-state index contributed by atoms with van der Waals surface area (Å²) in [4.78, 5) is 3.75. The van der Waals surface area contributed by atoms with Crippen LogP contribution in [0.1, 0.15) is 19.4 Å². The molecule has 1 aromatic heterocycles. The molecule has 9 heteroatoms. The molecule has 2 aromatic rings. The average molecular weight is 382 g/mol. The number of rotatable bonds is 7. The van der Waals surface area contributed by atoms with Gasteiger partial charge in [0.2, 0.25) is 5.88 Å². The molecule has 25 heavy (non-hydrogen) atoms. The second-order valence-electron chi connectivity index (χ2n) is 5.38. The predicted octanol–water partition coefficient (Wildman–Crippen LogP) is 2.15. The van der Waals surface area contributed by atoms with Crippen molar-refractivity contribution in [1.82, 2.24) is 9.71 Å². The molecule has 134 valence electrons. The highest BCUT2D eigenvalue weighted by atomic mass is 32.2. The van der Waals surface area contributed by atoms with Crippen molar-refractivity contribution in [2.45, 2.75) is 24.9 Å². The molecule has 0 unspecified atom stereocenters. The van der Waals surface area contributed by atoms with E-state index in [9.17, 15) is 16.8 Å². The van der Waals surface area contributed by atoms with E-state index in [1.807, 2.05) is 6.07 Å². The monoisotopic (exact) mass is 382 g/mol. The van der Waals surface area contributed by atoms with Crippen LogP contribution >= 0.6 is 0 Å². The Hall–Kier alpha value is -2.23. The summed E-state index contributed by atoms with van der Waals surface area (Å²) in [5.74, 6) is -0.329. The number of pyridine rings is 1. The zero-order valence-electron chi connectivity index (χ0n) is 13.7. The Bertz CT molecular complexity index is 953. The summed E-state index contributed by atoms with van der Waals surface area (Å²) in [6, 6.07) is 12.4. The smallest absolute Gasteiger partial charge is 0.333 e. The van der Waals surface area contributed by atoms with Crippen LogP contribution in [-0.2, 0) is 20.1 Å². The first kappa shape index (κ1) is 19.1. The lowest BCUT2D eigenvalue weighted by atomic mass is 10.2. The molecule has 0 amide bonds. The summed E-state index contributed by atoms with van der Waals surface area (Å²) in [6.07, 6.45) is 1.37. The maximum atomic E-state index is 12.1. The van der Waals surface area contributed by atoms with Gasteiger partial charge in [-0.05, 0) is 31.6 Å². The number of hydrogen-bond donors (Lipinski definition) is 1. The lowest BCUT2D eigenvalue weighted by molar-refractivity contribution is 0.481. The third-order valence-electron chi connectivity index (χ3n) is 2.79. The molecule has 1 aromatic carbocycles.